The number of aryl methyl sites for hydroxylation is 1. The number of carboxylic acids is 1. The molecule has 5 heteroatoms. The van der Waals surface area contributed by atoms with Gasteiger partial charge in [-0.25, -0.2) is 0 Å². The summed E-state index contributed by atoms with van der Waals surface area (Å²) in [5, 5.41) is 9.39. The van der Waals surface area contributed by atoms with Gasteiger partial charge in [0, 0.05) is 24.2 Å². The fraction of sp³-hybridized carbons (Fsp3) is 0.385. The summed E-state index contributed by atoms with van der Waals surface area (Å²) in [6, 6.07) is 5.02. The number of nitrogens with zero attached hydrogens (tertiary/aromatic N) is 1. The van der Waals surface area contributed by atoms with E-state index in [2.05, 4.69) is 0 Å². The molecule has 1 N–H and O–H groups in total. The molecule has 98 valence electrons. The Morgan fingerprint density at radius 2 is 2.06 bits per heavy atom. The molecule has 0 heterocycles. The number of benzene rings is 1. The molecule has 0 aliphatic carbocycles. The summed E-state index contributed by atoms with van der Waals surface area (Å²) in [5.74, 6) is -1.70. The van der Waals surface area contributed by atoms with Gasteiger partial charge in [-0.1, -0.05) is 18.5 Å². The summed E-state index contributed by atoms with van der Waals surface area (Å²) < 4.78 is 0. The van der Waals surface area contributed by atoms with E-state index in [1.807, 2.05) is 0 Å². The first-order valence-corrected chi connectivity index (χ1v) is 5.95. The standard InChI is InChI=1S/C13H16ClNO3/c1-8-6-10(14)4-5-11(8)12(16)15(3)7-9(2)13(17)18/h4-6,9H,7H2,1-3H3,(H,17,18). The Hall–Kier alpha value is -1.55. The van der Waals surface area contributed by atoms with Crippen molar-refractivity contribution < 1.29 is 14.7 Å². The van der Waals surface area contributed by atoms with Gasteiger partial charge >= 0.3 is 5.97 Å². The fourth-order valence-corrected chi connectivity index (χ4v) is 1.87. The molecule has 0 fully saturated rings. The minimum Gasteiger partial charge on any atom is -0.481 e. The van der Waals surface area contributed by atoms with Crippen LogP contribution in [-0.4, -0.2) is 35.5 Å². The Bertz CT molecular complexity index is 473. The Labute approximate surface area is 111 Å². The second-order valence-corrected chi connectivity index (χ2v) is 4.82. The summed E-state index contributed by atoms with van der Waals surface area (Å²) in [7, 11) is 1.59. The molecule has 0 aromatic heterocycles. The summed E-state index contributed by atoms with van der Waals surface area (Å²) in [6.07, 6.45) is 0. The van der Waals surface area contributed by atoms with Crippen molar-refractivity contribution in [2.24, 2.45) is 5.92 Å². The maximum Gasteiger partial charge on any atom is 0.308 e. The van der Waals surface area contributed by atoms with Crippen LogP contribution in [0.4, 0.5) is 0 Å². The molecule has 0 saturated carbocycles. The zero-order chi connectivity index (χ0) is 13.9. The monoisotopic (exact) mass is 269 g/mol. The van der Waals surface area contributed by atoms with Crippen molar-refractivity contribution in [3.63, 3.8) is 0 Å². The number of carbonyl (C=O) groups is 2. The highest BCUT2D eigenvalue weighted by molar-refractivity contribution is 6.30. The van der Waals surface area contributed by atoms with E-state index >= 15 is 0 Å². The van der Waals surface area contributed by atoms with Gasteiger partial charge in [-0.15, -0.1) is 0 Å². The van der Waals surface area contributed by atoms with Gasteiger partial charge in [-0.05, 0) is 30.7 Å². The summed E-state index contributed by atoms with van der Waals surface area (Å²) in [6.45, 7) is 3.55. The van der Waals surface area contributed by atoms with E-state index in [0.717, 1.165) is 5.56 Å². The van der Waals surface area contributed by atoms with Gasteiger partial charge in [0.2, 0.25) is 0 Å². The van der Waals surface area contributed by atoms with Crippen LogP contribution in [0.2, 0.25) is 5.02 Å². The molecule has 1 unspecified atom stereocenters. The second-order valence-electron chi connectivity index (χ2n) is 4.38. The number of carbonyl (C=O) groups excluding carboxylic acids is 1. The zero-order valence-electron chi connectivity index (χ0n) is 10.6. The van der Waals surface area contributed by atoms with Gasteiger partial charge in [0.15, 0.2) is 0 Å². The van der Waals surface area contributed by atoms with Crippen LogP contribution in [-0.2, 0) is 4.79 Å². The van der Waals surface area contributed by atoms with Gasteiger partial charge in [-0.2, -0.15) is 0 Å². The minimum atomic E-state index is -0.914. The van der Waals surface area contributed by atoms with Crippen LogP contribution >= 0.6 is 11.6 Å². The normalized spacial score (nSPS) is 12.0. The largest absolute Gasteiger partial charge is 0.481 e. The van der Waals surface area contributed by atoms with Crippen molar-refractivity contribution in [3.8, 4) is 0 Å². The summed E-state index contributed by atoms with van der Waals surface area (Å²) >= 11 is 5.82. The maximum absolute atomic E-state index is 12.1. The van der Waals surface area contributed by atoms with Crippen LogP contribution in [0.3, 0.4) is 0 Å². The molecule has 1 aromatic carbocycles. The molecule has 18 heavy (non-hydrogen) atoms. The topological polar surface area (TPSA) is 57.6 Å². The van der Waals surface area contributed by atoms with E-state index < -0.39 is 11.9 Å². The summed E-state index contributed by atoms with van der Waals surface area (Å²) in [4.78, 5) is 24.3. The number of carboxylic acid groups (broad SMARTS) is 1. The summed E-state index contributed by atoms with van der Waals surface area (Å²) in [5.41, 5.74) is 1.32. The molecule has 0 radical (unpaired) electrons. The minimum absolute atomic E-state index is 0.177. The molecular weight excluding hydrogens is 254 g/mol. The van der Waals surface area contributed by atoms with E-state index in [9.17, 15) is 9.59 Å². The lowest BCUT2D eigenvalue weighted by atomic mass is 10.1. The van der Waals surface area contributed by atoms with Crippen LogP contribution in [0.25, 0.3) is 0 Å². The van der Waals surface area contributed by atoms with Gasteiger partial charge in [0.1, 0.15) is 0 Å². The van der Waals surface area contributed by atoms with E-state index in [-0.39, 0.29) is 12.5 Å². The first-order chi connectivity index (χ1) is 8.32. The number of aliphatic carboxylic acids is 1. The first kappa shape index (κ1) is 14.5. The van der Waals surface area contributed by atoms with Crippen molar-refractivity contribution in [1.29, 1.82) is 0 Å². The number of hydrogen-bond acceptors (Lipinski definition) is 2. The van der Waals surface area contributed by atoms with Crippen LogP contribution in [0.15, 0.2) is 18.2 Å². The quantitative estimate of drug-likeness (QED) is 0.913. The zero-order valence-corrected chi connectivity index (χ0v) is 11.4. The number of amides is 1. The molecule has 0 saturated heterocycles. The van der Waals surface area contributed by atoms with E-state index in [0.29, 0.717) is 10.6 Å². The highest BCUT2D eigenvalue weighted by Crippen LogP contribution is 2.17. The van der Waals surface area contributed by atoms with Crippen molar-refractivity contribution in [2.75, 3.05) is 13.6 Å². The highest BCUT2D eigenvalue weighted by atomic mass is 35.5. The third-order valence-electron chi connectivity index (χ3n) is 2.73. The third kappa shape index (κ3) is 3.47. The second kappa shape index (κ2) is 5.87. The molecule has 0 aliphatic rings. The molecule has 0 spiro atoms. The smallest absolute Gasteiger partial charge is 0.308 e. The Morgan fingerprint density at radius 3 is 2.56 bits per heavy atom. The molecule has 1 rings (SSSR count). The van der Waals surface area contributed by atoms with E-state index in [1.165, 1.54) is 4.90 Å². The van der Waals surface area contributed by atoms with Crippen molar-refractivity contribution >= 4 is 23.5 Å². The third-order valence-corrected chi connectivity index (χ3v) is 2.97. The molecule has 1 atom stereocenters. The Balaban J connectivity index is 2.83. The first-order valence-electron chi connectivity index (χ1n) is 5.57. The molecule has 0 aliphatic heterocycles. The Kier molecular flexibility index (Phi) is 4.73. The average Bonchev–Trinajstić information content (AvgIpc) is 2.27. The lowest BCUT2D eigenvalue weighted by Crippen LogP contribution is -2.34. The van der Waals surface area contributed by atoms with Crippen LogP contribution in [0, 0.1) is 12.8 Å². The lowest BCUT2D eigenvalue weighted by molar-refractivity contribution is -0.141. The van der Waals surface area contributed by atoms with Crippen LogP contribution in [0.5, 0.6) is 0 Å². The number of hydrogen-bond donors (Lipinski definition) is 1. The van der Waals surface area contributed by atoms with E-state index in [4.69, 9.17) is 16.7 Å². The van der Waals surface area contributed by atoms with Crippen molar-refractivity contribution in [2.45, 2.75) is 13.8 Å². The highest BCUT2D eigenvalue weighted by Gasteiger charge is 2.19. The van der Waals surface area contributed by atoms with Gasteiger partial charge in [0.05, 0.1) is 5.92 Å². The van der Waals surface area contributed by atoms with Gasteiger partial charge < -0.3 is 10.0 Å². The molecule has 1 amide bonds. The lowest BCUT2D eigenvalue weighted by Gasteiger charge is -2.20. The fourth-order valence-electron chi connectivity index (χ4n) is 1.64. The van der Waals surface area contributed by atoms with Gasteiger partial charge in [0.25, 0.3) is 5.91 Å². The van der Waals surface area contributed by atoms with Crippen molar-refractivity contribution in [1.82, 2.24) is 4.90 Å². The van der Waals surface area contributed by atoms with E-state index in [1.54, 1.807) is 39.1 Å². The molecule has 4 nitrogen and oxygen atoms in total. The maximum atomic E-state index is 12.1. The molecular formula is C13H16ClNO3. The number of rotatable bonds is 4. The van der Waals surface area contributed by atoms with Gasteiger partial charge in [-0.3, -0.25) is 9.59 Å². The Morgan fingerprint density at radius 1 is 1.44 bits per heavy atom. The van der Waals surface area contributed by atoms with Crippen LogP contribution < -0.4 is 0 Å². The van der Waals surface area contributed by atoms with Crippen molar-refractivity contribution in [3.05, 3.63) is 34.3 Å². The number of halogens is 1. The predicted molar refractivity (Wildman–Crippen MR) is 69.9 cm³/mol. The molecule has 1 aromatic rings. The molecule has 0 bridgehead atoms. The van der Waals surface area contributed by atoms with Crippen LogP contribution in [0.1, 0.15) is 22.8 Å². The SMILES string of the molecule is Cc1cc(Cl)ccc1C(=O)N(C)CC(C)C(=O)O. The predicted octanol–water partition coefficient (Wildman–Crippen LogP) is 2.44. The average molecular weight is 270 g/mol.